The predicted octanol–water partition coefficient (Wildman–Crippen LogP) is 2.54. The normalized spacial score (nSPS) is 17.9. The van der Waals surface area contributed by atoms with E-state index in [1.165, 1.54) is 0 Å². The number of H-pyrrole nitrogens is 1. The Morgan fingerprint density at radius 1 is 1.48 bits per heavy atom. The average molecular weight is 379 g/mol. The Bertz CT molecular complexity index is 780. The maximum absolute atomic E-state index is 12.6. The summed E-state index contributed by atoms with van der Waals surface area (Å²) >= 11 is 3.26. The first-order chi connectivity index (χ1) is 11.0. The molecule has 2 aromatic heterocycles. The van der Waals surface area contributed by atoms with Gasteiger partial charge in [0.05, 0.1) is 16.2 Å². The molecule has 0 bridgehead atoms. The van der Waals surface area contributed by atoms with Crippen LogP contribution in [0, 0.1) is 0 Å². The molecular formula is C16H19BrN4O2. The third kappa shape index (κ3) is 3.10. The fourth-order valence-corrected chi connectivity index (χ4v) is 3.19. The first-order valence-electron chi connectivity index (χ1n) is 7.68. The SMILES string of the molecule is CC(C)c1cc(C(=O)N2CC[C@@H](n3cccc(Br)c3=O)C2)[nH]n1. The molecule has 0 aromatic carbocycles. The van der Waals surface area contributed by atoms with Gasteiger partial charge in [-0.15, -0.1) is 0 Å². The molecule has 1 atom stereocenters. The summed E-state index contributed by atoms with van der Waals surface area (Å²) in [5.41, 5.74) is 1.33. The molecule has 2 aromatic rings. The summed E-state index contributed by atoms with van der Waals surface area (Å²) in [4.78, 5) is 26.5. The lowest BCUT2D eigenvalue weighted by Gasteiger charge is -2.17. The van der Waals surface area contributed by atoms with E-state index >= 15 is 0 Å². The zero-order chi connectivity index (χ0) is 16.6. The van der Waals surface area contributed by atoms with E-state index in [-0.39, 0.29) is 23.4 Å². The second-order valence-electron chi connectivity index (χ2n) is 6.12. The maximum atomic E-state index is 12.6. The molecule has 3 heterocycles. The number of likely N-dealkylation sites (tertiary alicyclic amines) is 1. The van der Waals surface area contributed by atoms with Gasteiger partial charge in [0.15, 0.2) is 0 Å². The summed E-state index contributed by atoms with van der Waals surface area (Å²) < 4.78 is 2.24. The molecule has 122 valence electrons. The van der Waals surface area contributed by atoms with Crippen LogP contribution >= 0.6 is 15.9 Å². The van der Waals surface area contributed by atoms with E-state index in [9.17, 15) is 9.59 Å². The fourth-order valence-electron chi connectivity index (χ4n) is 2.84. The summed E-state index contributed by atoms with van der Waals surface area (Å²) in [6, 6.07) is 5.39. The first kappa shape index (κ1) is 16.0. The Morgan fingerprint density at radius 2 is 2.26 bits per heavy atom. The third-order valence-corrected chi connectivity index (χ3v) is 4.80. The number of carbonyl (C=O) groups is 1. The van der Waals surface area contributed by atoms with Gasteiger partial charge in [-0.1, -0.05) is 13.8 Å². The van der Waals surface area contributed by atoms with Crippen molar-refractivity contribution in [1.29, 1.82) is 0 Å². The Labute approximate surface area is 142 Å². The smallest absolute Gasteiger partial charge is 0.271 e. The van der Waals surface area contributed by atoms with Crippen LogP contribution in [0.3, 0.4) is 0 Å². The zero-order valence-electron chi connectivity index (χ0n) is 13.1. The van der Waals surface area contributed by atoms with Crippen LogP contribution in [0.25, 0.3) is 0 Å². The van der Waals surface area contributed by atoms with Crippen molar-refractivity contribution in [3.63, 3.8) is 0 Å². The Hall–Kier alpha value is -1.89. The number of pyridine rings is 1. The van der Waals surface area contributed by atoms with Gasteiger partial charge in [-0.25, -0.2) is 0 Å². The molecule has 3 rings (SSSR count). The molecule has 1 aliphatic heterocycles. The van der Waals surface area contributed by atoms with Gasteiger partial charge >= 0.3 is 0 Å². The maximum Gasteiger partial charge on any atom is 0.271 e. The van der Waals surface area contributed by atoms with Crippen molar-refractivity contribution < 1.29 is 4.79 Å². The highest BCUT2D eigenvalue weighted by atomic mass is 79.9. The number of nitrogens with one attached hydrogen (secondary N) is 1. The van der Waals surface area contributed by atoms with Crippen molar-refractivity contribution in [2.45, 2.75) is 32.2 Å². The molecule has 7 heteroatoms. The van der Waals surface area contributed by atoms with Crippen molar-refractivity contribution in [1.82, 2.24) is 19.7 Å². The van der Waals surface area contributed by atoms with Crippen LogP contribution in [0.5, 0.6) is 0 Å². The quantitative estimate of drug-likeness (QED) is 0.891. The van der Waals surface area contributed by atoms with Gasteiger partial charge < -0.3 is 9.47 Å². The third-order valence-electron chi connectivity index (χ3n) is 4.19. The standard InChI is InChI=1S/C16H19BrN4O2/c1-10(2)13-8-14(19-18-13)16(23)20-7-5-11(9-20)21-6-3-4-12(17)15(21)22/h3-4,6,8,10-11H,5,7,9H2,1-2H3,(H,18,19)/t11-/m1/s1. The van der Waals surface area contributed by atoms with Crippen molar-refractivity contribution in [2.75, 3.05) is 13.1 Å². The van der Waals surface area contributed by atoms with E-state index in [1.54, 1.807) is 21.7 Å². The summed E-state index contributed by atoms with van der Waals surface area (Å²) in [5, 5.41) is 7.00. The molecule has 1 fully saturated rings. The minimum absolute atomic E-state index is 0.0106. The molecule has 0 radical (unpaired) electrons. The van der Waals surface area contributed by atoms with E-state index in [2.05, 4.69) is 26.1 Å². The van der Waals surface area contributed by atoms with Crippen molar-refractivity contribution in [3.05, 3.63) is 50.6 Å². The second-order valence-corrected chi connectivity index (χ2v) is 6.98. The van der Waals surface area contributed by atoms with Crippen molar-refractivity contribution in [2.24, 2.45) is 0 Å². The average Bonchev–Trinajstić information content (AvgIpc) is 3.18. The molecule has 0 spiro atoms. The van der Waals surface area contributed by atoms with Crippen LogP contribution in [0.1, 0.15) is 48.4 Å². The fraction of sp³-hybridized carbons (Fsp3) is 0.438. The highest BCUT2D eigenvalue weighted by Gasteiger charge is 2.29. The Kier molecular flexibility index (Phi) is 4.39. The number of amides is 1. The van der Waals surface area contributed by atoms with Crippen LogP contribution in [-0.2, 0) is 0 Å². The molecule has 0 aliphatic carbocycles. The Balaban J connectivity index is 1.75. The molecule has 1 aliphatic rings. The minimum Gasteiger partial charge on any atom is -0.335 e. The minimum atomic E-state index is -0.0602. The summed E-state index contributed by atoms with van der Waals surface area (Å²) in [5.74, 6) is 0.217. The molecule has 0 saturated carbocycles. The largest absolute Gasteiger partial charge is 0.335 e. The molecule has 6 nitrogen and oxygen atoms in total. The summed E-state index contributed by atoms with van der Waals surface area (Å²) in [7, 11) is 0. The lowest BCUT2D eigenvalue weighted by atomic mass is 10.1. The van der Waals surface area contributed by atoms with Gasteiger partial charge in [0.1, 0.15) is 5.69 Å². The highest BCUT2D eigenvalue weighted by Crippen LogP contribution is 2.23. The van der Waals surface area contributed by atoms with Crippen molar-refractivity contribution in [3.8, 4) is 0 Å². The van der Waals surface area contributed by atoms with Crippen LogP contribution in [-0.4, -0.2) is 38.7 Å². The van der Waals surface area contributed by atoms with E-state index < -0.39 is 0 Å². The highest BCUT2D eigenvalue weighted by molar-refractivity contribution is 9.10. The van der Waals surface area contributed by atoms with E-state index in [0.717, 1.165) is 12.1 Å². The van der Waals surface area contributed by atoms with E-state index in [4.69, 9.17) is 0 Å². The van der Waals surface area contributed by atoms with Crippen LogP contribution in [0.2, 0.25) is 0 Å². The van der Waals surface area contributed by atoms with Gasteiger partial charge in [-0.3, -0.25) is 14.7 Å². The van der Waals surface area contributed by atoms with Crippen LogP contribution in [0.4, 0.5) is 0 Å². The summed E-state index contributed by atoms with van der Waals surface area (Å²) in [6.45, 7) is 5.25. The van der Waals surface area contributed by atoms with Crippen molar-refractivity contribution >= 4 is 21.8 Å². The lowest BCUT2D eigenvalue weighted by Crippen LogP contribution is -2.31. The molecule has 23 heavy (non-hydrogen) atoms. The number of halogens is 1. The van der Waals surface area contributed by atoms with Crippen LogP contribution in [0.15, 0.2) is 33.7 Å². The number of rotatable bonds is 3. The zero-order valence-corrected chi connectivity index (χ0v) is 14.7. The second kappa shape index (κ2) is 6.31. The van der Waals surface area contributed by atoms with E-state index in [1.807, 2.05) is 26.0 Å². The summed E-state index contributed by atoms with van der Waals surface area (Å²) in [6.07, 6.45) is 2.55. The number of aromatic amines is 1. The molecular weight excluding hydrogens is 360 g/mol. The first-order valence-corrected chi connectivity index (χ1v) is 8.48. The number of hydrogen-bond acceptors (Lipinski definition) is 3. The van der Waals surface area contributed by atoms with E-state index in [0.29, 0.717) is 23.3 Å². The topological polar surface area (TPSA) is 71.0 Å². The van der Waals surface area contributed by atoms with Gasteiger partial charge in [0, 0.05) is 19.3 Å². The molecule has 1 saturated heterocycles. The molecule has 1 N–H and O–H groups in total. The monoisotopic (exact) mass is 378 g/mol. The predicted molar refractivity (Wildman–Crippen MR) is 90.6 cm³/mol. The lowest BCUT2D eigenvalue weighted by molar-refractivity contribution is 0.0781. The Morgan fingerprint density at radius 3 is 2.96 bits per heavy atom. The van der Waals surface area contributed by atoms with Gasteiger partial charge in [-0.05, 0) is 46.5 Å². The number of aromatic nitrogens is 3. The number of nitrogens with zero attached hydrogens (tertiary/aromatic N) is 3. The van der Waals surface area contributed by atoms with Gasteiger partial charge in [0.25, 0.3) is 11.5 Å². The number of carbonyl (C=O) groups excluding carboxylic acids is 1. The molecule has 0 unspecified atom stereocenters. The number of hydrogen-bond donors (Lipinski definition) is 1. The molecule has 1 amide bonds. The van der Waals surface area contributed by atoms with Gasteiger partial charge in [-0.2, -0.15) is 5.10 Å². The van der Waals surface area contributed by atoms with Crippen LogP contribution < -0.4 is 5.56 Å². The van der Waals surface area contributed by atoms with Gasteiger partial charge in [0.2, 0.25) is 0 Å².